The second-order valence-electron chi connectivity index (χ2n) is 9.54. The number of imide groups is 1. The zero-order chi connectivity index (χ0) is 24.0. The molecule has 1 saturated heterocycles. The smallest absolute Gasteiger partial charge is 0.410 e. The number of fused-ring (bicyclic) bond motifs is 2. The third-order valence-corrected chi connectivity index (χ3v) is 5.97. The predicted molar refractivity (Wildman–Crippen MR) is 126 cm³/mol. The van der Waals surface area contributed by atoms with Crippen molar-refractivity contribution in [1.29, 1.82) is 0 Å². The molecular weight excluding hydrogens is 434 g/mol. The van der Waals surface area contributed by atoms with Crippen LogP contribution in [0.2, 0.25) is 0 Å². The lowest BCUT2D eigenvalue weighted by Gasteiger charge is -2.36. The number of nitrogens with zero attached hydrogens (tertiary/aromatic N) is 5. The van der Waals surface area contributed by atoms with Crippen LogP contribution in [0.25, 0.3) is 5.65 Å². The first-order valence-electron chi connectivity index (χ1n) is 11.4. The molecule has 2 aliphatic heterocycles. The van der Waals surface area contributed by atoms with E-state index in [-0.39, 0.29) is 24.5 Å². The summed E-state index contributed by atoms with van der Waals surface area (Å²) in [6, 6.07) is 12.7. The molecule has 0 aliphatic carbocycles. The third-order valence-electron chi connectivity index (χ3n) is 5.97. The monoisotopic (exact) mass is 461 g/mol. The van der Waals surface area contributed by atoms with Gasteiger partial charge < -0.3 is 14.5 Å². The summed E-state index contributed by atoms with van der Waals surface area (Å²) in [7, 11) is 0. The fourth-order valence-electron chi connectivity index (χ4n) is 4.37. The molecule has 4 heterocycles. The molecule has 3 amide bonds. The van der Waals surface area contributed by atoms with E-state index in [1.165, 1.54) is 4.90 Å². The number of pyridine rings is 1. The molecule has 5 rings (SSSR count). The maximum Gasteiger partial charge on any atom is 0.410 e. The second-order valence-corrected chi connectivity index (χ2v) is 9.54. The number of hydrogen-bond acceptors (Lipinski definition) is 6. The van der Waals surface area contributed by atoms with E-state index < -0.39 is 5.60 Å². The van der Waals surface area contributed by atoms with Crippen LogP contribution in [0.4, 0.5) is 10.6 Å². The van der Waals surface area contributed by atoms with Crippen molar-refractivity contribution in [2.24, 2.45) is 0 Å². The van der Waals surface area contributed by atoms with Crippen molar-refractivity contribution in [3.63, 3.8) is 0 Å². The van der Waals surface area contributed by atoms with E-state index in [2.05, 4.69) is 9.88 Å². The number of benzene rings is 1. The number of hydrogen-bond donors (Lipinski definition) is 0. The Morgan fingerprint density at radius 1 is 0.941 bits per heavy atom. The van der Waals surface area contributed by atoms with Gasteiger partial charge in [-0.15, -0.1) is 0 Å². The lowest BCUT2D eigenvalue weighted by atomic mass is 10.1. The summed E-state index contributed by atoms with van der Waals surface area (Å²) in [5.74, 6) is 0.356. The van der Waals surface area contributed by atoms with Gasteiger partial charge in [0.15, 0.2) is 0 Å². The lowest BCUT2D eigenvalue weighted by Crippen LogP contribution is -2.50. The molecule has 0 unspecified atom stereocenters. The van der Waals surface area contributed by atoms with Crippen LogP contribution >= 0.6 is 0 Å². The van der Waals surface area contributed by atoms with Gasteiger partial charge in [0.1, 0.15) is 17.1 Å². The molecule has 176 valence electrons. The molecule has 34 heavy (non-hydrogen) atoms. The third kappa shape index (κ3) is 3.98. The number of piperazine rings is 1. The molecule has 1 aromatic carbocycles. The van der Waals surface area contributed by atoms with Crippen molar-refractivity contribution in [3.8, 4) is 0 Å². The van der Waals surface area contributed by atoms with E-state index >= 15 is 0 Å². The Kier molecular flexibility index (Phi) is 5.27. The quantitative estimate of drug-likeness (QED) is 0.557. The van der Waals surface area contributed by atoms with E-state index in [1.807, 2.05) is 49.6 Å². The summed E-state index contributed by atoms with van der Waals surface area (Å²) in [5, 5.41) is 0. The van der Waals surface area contributed by atoms with Gasteiger partial charge in [-0.2, -0.15) is 0 Å². The summed E-state index contributed by atoms with van der Waals surface area (Å²) in [6.45, 7) is 8.12. The zero-order valence-corrected chi connectivity index (χ0v) is 19.5. The molecule has 9 nitrogen and oxygen atoms in total. The number of aromatic nitrogens is 2. The highest BCUT2D eigenvalue weighted by Gasteiger charge is 2.35. The summed E-state index contributed by atoms with van der Waals surface area (Å²) < 4.78 is 7.46. The van der Waals surface area contributed by atoms with Crippen molar-refractivity contribution in [3.05, 3.63) is 65.5 Å². The van der Waals surface area contributed by atoms with Crippen molar-refractivity contribution < 1.29 is 19.1 Å². The van der Waals surface area contributed by atoms with Crippen molar-refractivity contribution >= 4 is 29.4 Å². The SMILES string of the molecule is CC(C)(C)OC(=O)N1CCN(c2cccc3nc(CN4C(=O)c5ccccc5C4=O)cn23)CC1. The summed E-state index contributed by atoms with van der Waals surface area (Å²) in [6.07, 6.45) is 1.57. The van der Waals surface area contributed by atoms with Gasteiger partial charge in [-0.05, 0) is 45.0 Å². The molecule has 0 atom stereocenters. The number of carbonyl (C=O) groups excluding carboxylic acids is 3. The van der Waals surface area contributed by atoms with Crippen molar-refractivity contribution in [2.45, 2.75) is 32.9 Å². The molecule has 9 heteroatoms. The standard InChI is InChI=1S/C25H27N5O4/c1-25(2,3)34-24(33)28-13-11-27(12-14-28)21-10-6-9-20-26-17(15-29(20)21)16-30-22(31)18-7-4-5-8-19(18)23(30)32/h4-10,15H,11-14,16H2,1-3H3. The first-order valence-corrected chi connectivity index (χ1v) is 11.4. The van der Waals surface area contributed by atoms with Crippen LogP contribution < -0.4 is 4.90 Å². The van der Waals surface area contributed by atoms with Crippen molar-refractivity contribution in [2.75, 3.05) is 31.1 Å². The summed E-state index contributed by atoms with van der Waals surface area (Å²) in [5.41, 5.74) is 1.71. The first-order chi connectivity index (χ1) is 16.2. The van der Waals surface area contributed by atoms with Crippen LogP contribution in [0, 0.1) is 0 Å². The molecule has 0 bridgehead atoms. The Hall–Kier alpha value is -3.88. The Bertz CT molecular complexity index is 1250. The van der Waals surface area contributed by atoms with Crippen LogP contribution in [0.15, 0.2) is 48.7 Å². The molecule has 0 radical (unpaired) electrons. The minimum atomic E-state index is -0.521. The molecule has 2 aromatic heterocycles. The highest BCUT2D eigenvalue weighted by Crippen LogP contribution is 2.25. The van der Waals surface area contributed by atoms with Gasteiger partial charge in [0.25, 0.3) is 11.8 Å². The normalized spacial score (nSPS) is 16.4. The van der Waals surface area contributed by atoms with Gasteiger partial charge in [0, 0.05) is 32.4 Å². The minimum Gasteiger partial charge on any atom is -0.444 e. The number of amides is 3. The molecule has 1 fully saturated rings. The largest absolute Gasteiger partial charge is 0.444 e. The minimum absolute atomic E-state index is 0.111. The van der Waals surface area contributed by atoms with Crippen molar-refractivity contribution in [1.82, 2.24) is 19.2 Å². The van der Waals surface area contributed by atoms with Gasteiger partial charge in [-0.3, -0.25) is 18.9 Å². The number of rotatable bonds is 3. The molecule has 0 saturated carbocycles. The molecule has 0 N–H and O–H groups in total. The van der Waals surface area contributed by atoms with Gasteiger partial charge in [-0.1, -0.05) is 18.2 Å². The Labute approximate surface area is 197 Å². The van der Waals surface area contributed by atoms with Crippen LogP contribution in [-0.4, -0.2) is 68.9 Å². The van der Waals surface area contributed by atoms with Crippen LogP contribution in [-0.2, 0) is 11.3 Å². The van der Waals surface area contributed by atoms with E-state index in [9.17, 15) is 14.4 Å². The average molecular weight is 462 g/mol. The number of imidazole rings is 1. The highest BCUT2D eigenvalue weighted by atomic mass is 16.6. The summed E-state index contributed by atoms with van der Waals surface area (Å²) in [4.78, 5) is 47.7. The Morgan fingerprint density at radius 2 is 1.59 bits per heavy atom. The number of anilines is 1. The predicted octanol–water partition coefficient (Wildman–Crippen LogP) is 3.19. The molecule has 0 spiro atoms. The van der Waals surface area contributed by atoms with E-state index in [0.29, 0.717) is 43.0 Å². The van der Waals surface area contributed by atoms with Crippen LogP contribution in [0.3, 0.4) is 0 Å². The molecule has 3 aromatic rings. The van der Waals surface area contributed by atoms with Gasteiger partial charge in [0.2, 0.25) is 0 Å². The topological polar surface area (TPSA) is 87.5 Å². The zero-order valence-electron chi connectivity index (χ0n) is 19.5. The molecule has 2 aliphatic rings. The first kappa shape index (κ1) is 21.9. The highest BCUT2D eigenvalue weighted by molar-refractivity contribution is 6.21. The number of carbonyl (C=O) groups is 3. The lowest BCUT2D eigenvalue weighted by molar-refractivity contribution is 0.0240. The van der Waals surface area contributed by atoms with Crippen LogP contribution in [0.1, 0.15) is 47.2 Å². The van der Waals surface area contributed by atoms with Gasteiger partial charge in [0.05, 0.1) is 23.4 Å². The second kappa shape index (κ2) is 8.16. The Balaban J connectivity index is 1.32. The molecular formula is C25H27N5O4. The van der Waals surface area contributed by atoms with Crippen LogP contribution in [0.5, 0.6) is 0 Å². The van der Waals surface area contributed by atoms with E-state index in [0.717, 1.165) is 11.5 Å². The fraction of sp³-hybridized carbons (Fsp3) is 0.360. The van der Waals surface area contributed by atoms with Gasteiger partial charge >= 0.3 is 6.09 Å². The average Bonchev–Trinajstić information content (AvgIpc) is 3.33. The maximum atomic E-state index is 12.7. The van der Waals surface area contributed by atoms with Gasteiger partial charge in [-0.25, -0.2) is 9.78 Å². The van der Waals surface area contributed by atoms with E-state index in [1.54, 1.807) is 29.2 Å². The van der Waals surface area contributed by atoms with E-state index in [4.69, 9.17) is 4.74 Å². The summed E-state index contributed by atoms with van der Waals surface area (Å²) >= 11 is 0. The maximum absolute atomic E-state index is 12.7. The number of ether oxygens (including phenoxy) is 1. The Morgan fingerprint density at radius 3 is 2.21 bits per heavy atom. The fourth-order valence-corrected chi connectivity index (χ4v) is 4.37.